The number of nitrogens with zero attached hydrogens (tertiary/aromatic N) is 3. The van der Waals surface area contributed by atoms with Crippen LogP contribution in [-0.4, -0.2) is 33.3 Å². The van der Waals surface area contributed by atoms with Crippen molar-refractivity contribution in [3.8, 4) is 0 Å². The van der Waals surface area contributed by atoms with Crippen LogP contribution in [0.3, 0.4) is 0 Å². The molecule has 0 aromatic carbocycles. The standard InChI is InChI=1S/C16H21N5O3/c1-11(22)18-16(19-12(2)23)17-8-4-6-13-10-21-9-5-7-14(21)15(24)20(13)3/h5,7,9-10H,4,6,8H2,1-3H3,(H2,17,18,19,22,23). The van der Waals surface area contributed by atoms with Crippen molar-refractivity contribution in [1.29, 1.82) is 0 Å². The zero-order valence-corrected chi connectivity index (χ0v) is 14.0. The maximum atomic E-state index is 12.2. The normalized spacial score (nSPS) is 10.5. The van der Waals surface area contributed by atoms with Crippen LogP contribution in [0.15, 0.2) is 34.3 Å². The van der Waals surface area contributed by atoms with Crippen LogP contribution in [0.2, 0.25) is 0 Å². The summed E-state index contributed by atoms with van der Waals surface area (Å²) in [5, 5.41) is 4.94. The second kappa shape index (κ2) is 7.58. The van der Waals surface area contributed by atoms with Gasteiger partial charge in [0.25, 0.3) is 5.56 Å². The lowest BCUT2D eigenvalue weighted by Gasteiger charge is -2.10. The first-order valence-corrected chi connectivity index (χ1v) is 7.63. The van der Waals surface area contributed by atoms with Gasteiger partial charge in [-0.25, -0.2) is 0 Å². The number of carbonyl (C=O) groups excluding carboxylic acids is 2. The van der Waals surface area contributed by atoms with Gasteiger partial charge in [0.2, 0.25) is 17.8 Å². The van der Waals surface area contributed by atoms with E-state index in [2.05, 4.69) is 15.6 Å². The fourth-order valence-electron chi connectivity index (χ4n) is 2.36. The van der Waals surface area contributed by atoms with Crippen molar-refractivity contribution < 1.29 is 9.59 Å². The maximum Gasteiger partial charge on any atom is 0.274 e. The van der Waals surface area contributed by atoms with Gasteiger partial charge in [0.1, 0.15) is 5.52 Å². The topological polar surface area (TPSA) is 97.0 Å². The molecule has 128 valence electrons. The molecule has 8 heteroatoms. The van der Waals surface area contributed by atoms with E-state index >= 15 is 0 Å². The zero-order valence-electron chi connectivity index (χ0n) is 14.0. The number of fused-ring (bicyclic) bond motifs is 1. The van der Waals surface area contributed by atoms with Gasteiger partial charge >= 0.3 is 0 Å². The van der Waals surface area contributed by atoms with E-state index < -0.39 is 0 Å². The molecule has 2 N–H and O–H groups in total. The monoisotopic (exact) mass is 331 g/mol. The average molecular weight is 331 g/mol. The molecule has 2 aromatic heterocycles. The Morgan fingerprint density at radius 1 is 1.21 bits per heavy atom. The molecule has 2 heterocycles. The van der Waals surface area contributed by atoms with Crippen LogP contribution >= 0.6 is 0 Å². The first kappa shape index (κ1) is 17.5. The van der Waals surface area contributed by atoms with Gasteiger partial charge in [-0.1, -0.05) is 0 Å². The summed E-state index contributed by atoms with van der Waals surface area (Å²) in [4.78, 5) is 38.6. The predicted molar refractivity (Wildman–Crippen MR) is 90.9 cm³/mol. The number of carbonyl (C=O) groups is 2. The minimum absolute atomic E-state index is 0.0433. The van der Waals surface area contributed by atoms with Crippen LogP contribution in [0.1, 0.15) is 26.0 Å². The molecule has 0 unspecified atom stereocenters. The molecule has 0 spiro atoms. The summed E-state index contributed by atoms with van der Waals surface area (Å²) < 4.78 is 3.43. The Morgan fingerprint density at radius 2 is 1.88 bits per heavy atom. The summed E-state index contributed by atoms with van der Waals surface area (Å²) in [5.41, 5.74) is 1.48. The number of hydrogen-bond acceptors (Lipinski definition) is 4. The number of rotatable bonds is 4. The molecule has 2 aromatic rings. The summed E-state index contributed by atoms with van der Waals surface area (Å²) in [5.74, 6) is -0.462. The minimum Gasteiger partial charge on any atom is -0.317 e. The summed E-state index contributed by atoms with van der Waals surface area (Å²) in [6, 6.07) is 3.61. The summed E-state index contributed by atoms with van der Waals surface area (Å²) in [6.45, 7) is 3.10. The number of guanidine groups is 1. The number of aryl methyl sites for hydroxylation is 1. The van der Waals surface area contributed by atoms with Crippen molar-refractivity contribution in [2.24, 2.45) is 12.0 Å². The van der Waals surface area contributed by atoms with Crippen LogP contribution in [0.25, 0.3) is 5.52 Å². The van der Waals surface area contributed by atoms with Gasteiger partial charge in [-0.2, -0.15) is 0 Å². The Morgan fingerprint density at radius 3 is 2.50 bits per heavy atom. The highest BCUT2D eigenvalue weighted by Crippen LogP contribution is 2.05. The van der Waals surface area contributed by atoms with Crippen LogP contribution in [0.5, 0.6) is 0 Å². The molecule has 0 aliphatic heterocycles. The molecule has 2 amide bonds. The minimum atomic E-state index is -0.303. The van der Waals surface area contributed by atoms with Crippen molar-refractivity contribution in [2.75, 3.05) is 6.54 Å². The number of amides is 2. The van der Waals surface area contributed by atoms with Crippen LogP contribution in [0, 0.1) is 0 Å². The van der Waals surface area contributed by atoms with Gasteiger partial charge in [0.15, 0.2) is 0 Å². The molecule has 0 radical (unpaired) electrons. The highest BCUT2D eigenvalue weighted by atomic mass is 16.2. The third kappa shape index (κ3) is 4.31. The van der Waals surface area contributed by atoms with Crippen LogP contribution < -0.4 is 16.2 Å². The van der Waals surface area contributed by atoms with E-state index in [4.69, 9.17) is 0 Å². The van der Waals surface area contributed by atoms with E-state index in [1.165, 1.54) is 13.8 Å². The summed E-state index contributed by atoms with van der Waals surface area (Å²) >= 11 is 0. The predicted octanol–water partition coefficient (Wildman–Crippen LogP) is 0.199. The SMILES string of the molecule is CC(=O)NC(=NCCCc1cn2cccc2c(=O)n1C)NC(C)=O. The fourth-order valence-corrected chi connectivity index (χ4v) is 2.36. The third-order valence-electron chi connectivity index (χ3n) is 3.47. The van der Waals surface area contributed by atoms with Crippen molar-refractivity contribution in [2.45, 2.75) is 26.7 Å². The lowest BCUT2D eigenvalue weighted by atomic mass is 10.2. The number of aromatic nitrogens is 2. The largest absolute Gasteiger partial charge is 0.317 e. The molecule has 0 fully saturated rings. The van der Waals surface area contributed by atoms with Gasteiger partial charge < -0.3 is 8.97 Å². The van der Waals surface area contributed by atoms with E-state index in [1.54, 1.807) is 22.1 Å². The summed E-state index contributed by atoms with van der Waals surface area (Å²) in [6.07, 6.45) is 5.08. The number of hydrogen-bond donors (Lipinski definition) is 2. The molecule has 0 aliphatic rings. The molecule has 0 atom stereocenters. The zero-order chi connectivity index (χ0) is 17.7. The molecule has 0 aliphatic carbocycles. The third-order valence-corrected chi connectivity index (χ3v) is 3.47. The van der Waals surface area contributed by atoms with Gasteiger partial charge in [-0.3, -0.25) is 30.0 Å². The lowest BCUT2D eigenvalue weighted by molar-refractivity contribution is -0.117. The molecule has 2 rings (SSSR count). The van der Waals surface area contributed by atoms with Crippen molar-refractivity contribution in [1.82, 2.24) is 19.6 Å². The number of nitrogens with one attached hydrogen (secondary N) is 2. The molecule has 0 saturated carbocycles. The molecule has 24 heavy (non-hydrogen) atoms. The number of aliphatic imine (C=N–C) groups is 1. The Bertz CT molecular complexity index is 829. The van der Waals surface area contributed by atoms with Crippen molar-refractivity contribution in [3.63, 3.8) is 0 Å². The van der Waals surface area contributed by atoms with Gasteiger partial charge in [0.05, 0.1) is 0 Å². The molecular formula is C16H21N5O3. The van der Waals surface area contributed by atoms with Gasteiger partial charge in [0, 0.05) is 45.5 Å². The van der Waals surface area contributed by atoms with E-state index in [1.807, 2.05) is 18.5 Å². The van der Waals surface area contributed by atoms with E-state index in [0.29, 0.717) is 24.9 Å². The van der Waals surface area contributed by atoms with Crippen molar-refractivity contribution >= 4 is 23.3 Å². The first-order chi connectivity index (χ1) is 11.4. The van der Waals surface area contributed by atoms with E-state index in [-0.39, 0.29) is 23.3 Å². The van der Waals surface area contributed by atoms with Gasteiger partial charge in [-0.15, -0.1) is 0 Å². The van der Waals surface area contributed by atoms with E-state index in [9.17, 15) is 14.4 Å². The Labute approximate surface area is 139 Å². The van der Waals surface area contributed by atoms with Crippen LogP contribution in [-0.2, 0) is 23.1 Å². The highest BCUT2D eigenvalue weighted by Gasteiger charge is 2.07. The van der Waals surface area contributed by atoms with Gasteiger partial charge in [-0.05, 0) is 25.0 Å². The second-order valence-corrected chi connectivity index (χ2v) is 5.48. The van der Waals surface area contributed by atoms with Crippen LogP contribution in [0.4, 0.5) is 0 Å². The molecule has 0 saturated heterocycles. The fraction of sp³-hybridized carbons (Fsp3) is 0.375. The average Bonchev–Trinajstić information content (AvgIpc) is 2.95. The molecular weight excluding hydrogens is 310 g/mol. The smallest absolute Gasteiger partial charge is 0.274 e. The Hall–Kier alpha value is -2.90. The Kier molecular flexibility index (Phi) is 5.51. The first-order valence-electron chi connectivity index (χ1n) is 7.63. The second-order valence-electron chi connectivity index (χ2n) is 5.48. The quantitative estimate of drug-likeness (QED) is 0.476. The highest BCUT2D eigenvalue weighted by molar-refractivity contribution is 6.03. The van der Waals surface area contributed by atoms with Crippen molar-refractivity contribution in [3.05, 3.63) is 40.6 Å². The maximum absolute atomic E-state index is 12.2. The lowest BCUT2D eigenvalue weighted by Crippen LogP contribution is -2.42. The Balaban J connectivity index is 2.04. The molecule has 8 nitrogen and oxygen atoms in total. The molecule has 0 bridgehead atoms. The van der Waals surface area contributed by atoms with E-state index in [0.717, 1.165) is 5.69 Å². The summed E-state index contributed by atoms with van der Waals surface area (Å²) in [7, 11) is 1.74.